The normalized spacial score (nSPS) is 20.0. The van der Waals surface area contributed by atoms with Crippen molar-refractivity contribution in [2.75, 3.05) is 0 Å². The Bertz CT molecular complexity index is 363. The largest absolute Gasteiger partial charge is 0.391 e. The maximum Gasteiger partial charge on any atom is 0.126 e. The van der Waals surface area contributed by atoms with Gasteiger partial charge in [0.1, 0.15) is 5.82 Å². The molecule has 0 aromatic heterocycles. The molecular weight excluding hydrogens is 193 g/mol. The number of halogens is 1. The van der Waals surface area contributed by atoms with Gasteiger partial charge in [-0.3, -0.25) is 0 Å². The van der Waals surface area contributed by atoms with Gasteiger partial charge in [0.15, 0.2) is 0 Å². The molecule has 0 spiro atoms. The average Bonchev–Trinajstić information content (AvgIpc) is 3.03. The quantitative estimate of drug-likeness (QED) is 0.798. The second-order valence-electron chi connectivity index (χ2n) is 4.31. The summed E-state index contributed by atoms with van der Waals surface area (Å²) in [7, 11) is 0. The van der Waals surface area contributed by atoms with Gasteiger partial charge in [-0.15, -0.1) is 0 Å². The average molecular weight is 209 g/mol. The Balaban J connectivity index is 2.24. The zero-order valence-electron chi connectivity index (χ0n) is 8.78. The number of hydrogen-bond acceptors (Lipinski definition) is 2. The minimum atomic E-state index is -0.537. The molecule has 2 rings (SSSR count). The molecule has 0 saturated heterocycles. The SMILES string of the molecule is Cc1c(F)cccc1[C@H](N)[C@H](O)C1CC1. The minimum absolute atomic E-state index is 0.258. The van der Waals surface area contributed by atoms with Crippen LogP contribution in [0.1, 0.15) is 30.0 Å². The van der Waals surface area contributed by atoms with Crippen LogP contribution in [-0.4, -0.2) is 11.2 Å². The van der Waals surface area contributed by atoms with Crippen molar-refractivity contribution in [2.24, 2.45) is 11.7 Å². The lowest BCUT2D eigenvalue weighted by molar-refractivity contribution is 0.122. The van der Waals surface area contributed by atoms with Crippen LogP contribution in [0, 0.1) is 18.7 Å². The highest BCUT2D eigenvalue weighted by molar-refractivity contribution is 5.31. The first kappa shape index (κ1) is 10.6. The zero-order valence-corrected chi connectivity index (χ0v) is 8.78. The van der Waals surface area contributed by atoms with Gasteiger partial charge >= 0.3 is 0 Å². The monoisotopic (exact) mass is 209 g/mol. The first-order chi connectivity index (χ1) is 7.11. The van der Waals surface area contributed by atoms with Gasteiger partial charge in [0.2, 0.25) is 0 Å². The summed E-state index contributed by atoms with van der Waals surface area (Å²) in [5.74, 6) is 0.0496. The lowest BCUT2D eigenvalue weighted by atomic mass is 9.95. The lowest BCUT2D eigenvalue weighted by Crippen LogP contribution is -2.28. The summed E-state index contributed by atoms with van der Waals surface area (Å²) in [5, 5.41) is 9.88. The Labute approximate surface area is 88.9 Å². The van der Waals surface area contributed by atoms with E-state index in [1.807, 2.05) is 0 Å². The van der Waals surface area contributed by atoms with Crippen molar-refractivity contribution < 1.29 is 9.50 Å². The van der Waals surface area contributed by atoms with Gasteiger partial charge < -0.3 is 10.8 Å². The van der Waals surface area contributed by atoms with Gasteiger partial charge in [-0.05, 0) is 42.9 Å². The van der Waals surface area contributed by atoms with Crippen molar-refractivity contribution in [3.8, 4) is 0 Å². The predicted molar refractivity (Wildman–Crippen MR) is 56.8 cm³/mol. The van der Waals surface area contributed by atoms with E-state index in [1.54, 1.807) is 19.1 Å². The van der Waals surface area contributed by atoms with Gasteiger partial charge in [0.25, 0.3) is 0 Å². The van der Waals surface area contributed by atoms with Gasteiger partial charge in [-0.25, -0.2) is 4.39 Å². The number of benzene rings is 1. The predicted octanol–water partition coefficient (Wildman–Crippen LogP) is 1.90. The summed E-state index contributed by atoms with van der Waals surface area (Å²) >= 11 is 0. The van der Waals surface area contributed by atoms with Crippen LogP contribution < -0.4 is 5.73 Å². The van der Waals surface area contributed by atoms with Crippen molar-refractivity contribution in [1.29, 1.82) is 0 Å². The van der Waals surface area contributed by atoms with E-state index in [1.165, 1.54) is 6.07 Å². The maximum atomic E-state index is 13.3. The Morgan fingerprint density at radius 2 is 2.13 bits per heavy atom. The Morgan fingerprint density at radius 3 is 2.73 bits per heavy atom. The van der Waals surface area contributed by atoms with Gasteiger partial charge in [0, 0.05) is 0 Å². The van der Waals surface area contributed by atoms with E-state index in [0.717, 1.165) is 18.4 Å². The van der Waals surface area contributed by atoms with Crippen LogP contribution in [0.3, 0.4) is 0 Å². The van der Waals surface area contributed by atoms with Crippen molar-refractivity contribution in [1.82, 2.24) is 0 Å². The molecule has 1 fully saturated rings. The fourth-order valence-electron chi connectivity index (χ4n) is 1.90. The summed E-state index contributed by atoms with van der Waals surface area (Å²) < 4.78 is 13.3. The van der Waals surface area contributed by atoms with Crippen molar-refractivity contribution in [3.05, 3.63) is 35.1 Å². The van der Waals surface area contributed by atoms with E-state index in [9.17, 15) is 9.50 Å². The Morgan fingerprint density at radius 1 is 1.47 bits per heavy atom. The molecule has 2 nitrogen and oxygen atoms in total. The Hall–Kier alpha value is -0.930. The van der Waals surface area contributed by atoms with Crippen LogP contribution in [0.15, 0.2) is 18.2 Å². The molecule has 1 aliphatic carbocycles. The summed E-state index contributed by atoms with van der Waals surface area (Å²) in [6, 6.07) is 4.37. The molecule has 0 unspecified atom stereocenters. The third kappa shape index (κ3) is 2.03. The third-order valence-electron chi connectivity index (χ3n) is 3.14. The smallest absolute Gasteiger partial charge is 0.126 e. The van der Waals surface area contributed by atoms with Crippen LogP contribution in [-0.2, 0) is 0 Å². The Kier molecular flexibility index (Phi) is 2.76. The molecule has 2 atom stereocenters. The van der Waals surface area contributed by atoms with Crippen molar-refractivity contribution in [2.45, 2.75) is 31.9 Å². The van der Waals surface area contributed by atoms with E-state index < -0.39 is 12.1 Å². The molecule has 0 amide bonds. The highest BCUT2D eigenvalue weighted by Crippen LogP contribution is 2.37. The lowest BCUT2D eigenvalue weighted by Gasteiger charge is -2.20. The zero-order chi connectivity index (χ0) is 11.0. The molecule has 0 aliphatic heterocycles. The third-order valence-corrected chi connectivity index (χ3v) is 3.14. The van der Waals surface area contributed by atoms with E-state index >= 15 is 0 Å². The summed E-state index contributed by atoms with van der Waals surface area (Å²) in [5.41, 5.74) is 7.20. The highest BCUT2D eigenvalue weighted by Gasteiger charge is 2.34. The summed E-state index contributed by atoms with van der Waals surface area (Å²) in [4.78, 5) is 0. The van der Waals surface area contributed by atoms with E-state index in [2.05, 4.69) is 0 Å². The molecule has 3 heteroatoms. The second-order valence-corrected chi connectivity index (χ2v) is 4.31. The first-order valence-electron chi connectivity index (χ1n) is 5.30. The summed E-state index contributed by atoms with van der Waals surface area (Å²) in [6.45, 7) is 1.70. The van der Waals surface area contributed by atoms with Crippen LogP contribution in [0.25, 0.3) is 0 Å². The standard InChI is InChI=1S/C12H16FNO/c1-7-9(3-2-4-10(7)13)11(14)12(15)8-5-6-8/h2-4,8,11-12,15H,5-6,14H2,1H3/t11-,12+/m0/s1. The van der Waals surface area contributed by atoms with Gasteiger partial charge in [0.05, 0.1) is 12.1 Å². The highest BCUT2D eigenvalue weighted by atomic mass is 19.1. The molecular formula is C12H16FNO. The van der Waals surface area contributed by atoms with E-state index in [0.29, 0.717) is 11.5 Å². The number of nitrogens with two attached hydrogens (primary N) is 1. The molecule has 0 radical (unpaired) electrons. The number of rotatable bonds is 3. The van der Waals surface area contributed by atoms with Crippen LogP contribution in [0.4, 0.5) is 4.39 Å². The summed E-state index contributed by atoms with van der Waals surface area (Å²) in [6.07, 6.45) is 1.53. The van der Waals surface area contributed by atoms with Gasteiger partial charge in [-0.2, -0.15) is 0 Å². The van der Waals surface area contributed by atoms with Crippen molar-refractivity contribution in [3.63, 3.8) is 0 Å². The second kappa shape index (κ2) is 3.91. The van der Waals surface area contributed by atoms with E-state index in [4.69, 9.17) is 5.73 Å². The molecule has 82 valence electrons. The maximum absolute atomic E-state index is 13.3. The molecule has 15 heavy (non-hydrogen) atoms. The van der Waals surface area contributed by atoms with Gasteiger partial charge in [-0.1, -0.05) is 12.1 Å². The first-order valence-corrected chi connectivity index (χ1v) is 5.30. The number of aliphatic hydroxyl groups is 1. The molecule has 0 heterocycles. The molecule has 3 N–H and O–H groups in total. The minimum Gasteiger partial charge on any atom is -0.391 e. The molecule has 1 aromatic rings. The van der Waals surface area contributed by atoms with Crippen LogP contribution in [0.2, 0.25) is 0 Å². The topological polar surface area (TPSA) is 46.2 Å². The molecule has 0 bridgehead atoms. The number of aliphatic hydroxyl groups excluding tert-OH is 1. The van der Waals surface area contributed by atoms with Crippen molar-refractivity contribution >= 4 is 0 Å². The van der Waals surface area contributed by atoms with Crippen LogP contribution >= 0.6 is 0 Å². The molecule has 1 saturated carbocycles. The fourth-order valence-corrected chi connectivity index (χ4v) is 1.90. The fraction of sp³-hybridized carbons (Fsp3) is 0.500. The van der Waals surface area contributed by atoms with E-state index in [-0.39, 0.29) is 5.82 Å². The molecule has 1 aliphatic rings. The molecule has 1 aromatic carbocycles. The van der Waals surface area contributed by atoms with Crippen LogP contribution in [0.5, 0.6) is 0 Å². The number of hydrogen-bond donors (Lipinski definition) is 2.